The van der Waals surface area contributed by atoms with Crippen LogP contribution in [0, 0.1) is 0 Å². The van der Waals surface area contributed by atoms with Crippen LogP contribution in [0.4, 0.5) is 5.69 Å². The summed E-state index contributed by atoms with van der Waals surface area (Å²) in [5, 5.41) is 3.23. The van der Waals surface area contributed by atoms with Crippen molar-refractivity contribution in [1.29, 1.82) is 0 Å². The zero-order chi connectivity index (χ0) is 12.5. The highest BCUT2D eigenvalue weighted by Crippen LogP contribution is 2.18. The number of aromatic amines is 2. The van der Waals surface area contributed by atoms with Gasteiger partial charge in [0.1, 0.15) is 5.76 Å². The van der Waals surface area contributed by atoms with Crippen LogP contribution >= 0.6 is 15.9 Å². The fraction of sp³-hybridized carbons (Fsp3) is 0.0833. The lowest BCUT2D eigenvalue weighted by Crippen LogP contribution is -1.99. The van der Waals surface area contributed by atoms with E-state index in [0.29, 0.717) is 11.2 Å². The van der Waals surface area contributed by atoms with Crippen LogP contribution in [0.1, 0.15) is 5.76 Å². The minimum absolute atomic E-state index is 0.197. The lowest BCUT2D eigenvalue weighted by atomic mass is 10.2. The first-order valence-electron chi connectivity index (χ1n) is 5.41. The molecule has 92 valence electrons. The number of hydrogen-bond donors (Lipinski definition) is 3. The molecule has 0 aliphatic carbocycles. The smallest absolute Gasteiger partial charge is 0.323 e. The van der Waals surface area contributed by atoms with Crippen LogP contribution in [0.15, 0.2) is 44.2 Å². The van der Waals surface area contributed by atoms with Crippen molar-refractivity contribution in [3.63, 3.8) is 0 Å². The van der Waals surface area contributed by atoms with Crippen LogP contribution in [0.25, 0.3) is 11.0 Å². The topological polar surface area (TPSA) is 73.8 Å². The first kappa shape index (κ1) is 11.2. The molecule has 6 heteroatoms. The Labute approximate surface area is 110 Å². The third-order valence-electron chi connectivity index (χ3n) is 2.61. The minimum atomic E-state index is -0.197. The SMILES string of the molecule is O=c1[nH]c2ccc(NCc3ccc(Br)o3)cc2[nH]1. The number of benzene rings is 1. The molecule has 0 saturated carbocycles. The van der Waals surface area contributed by atoms with Crippen LogP contribution in [-0.4, -0.2) is 9.97 Å². The van der Waals surface area contributed by atoms with Gasteiger partial charge in [0.15, 0.2) is 4.67 Å². The molecule has 3 aromatic rings. The van der Waals surface area contributed by atoms with Crippen molar-refractivity contribution in [1.82, 2.24) is 9.97 Å². The molecule has 0 aliphatic heterocycles. The van der Waals surface area contributed by atoms with Gasteiger partial charge in [-0.05, 0) is 46.3 Å². The quantitative estimate of drug-likeness (QED) is 0.696. The maximum Gasteiger partial charge on any atom is 0.323 e. The molecule has 0 saturated heterocycles. The number of nitrogens with one attached hydrogen (secondary N) is 3. The van der Waals surface area contributed by atoms with E-state index in [2.05, 4.69) is 31.2 Å². The molecule has 18 heavy (non-hydrogen) atoms. The summed E-state index contributed by atoms with van der Waals surface area (Å²) < 4.78 is 6.10. The van der Waals surface area contributed by atoms with Gasteiger partial charge in [-0.2, -0.15) is 0 Å². The standard InChI is InChI=1S/C12H10BrN3O2/c13-11-4-2-8(18-11)6-14-7-1-3-9-10(5-7)16-12(17)15-9/h1-5,14H,6H2,(H2,15,16,17). The largest absolute Gasteiger partial charge is 0.452 e. The van der Waals surface area contributed by atoms with Crippen LogP contribution in [0.3, 0.4) is 0 Å². The lowest BCUT2D eigenvalue weighted by molar-refractivity contribution is 0.495. The molecule has 0 atom stereocenters. The molecule has 3 N–H and O–H groups in total. The van der Waals surface area contributed by atoms with E-state index in [1.54, 1.807) is 0 Å². The summed E-state index contributed by atoms with van der Waals surface area (Å²) in [6.45, 7) is 0.589. The van der Waals surface area contributed by atoms with Gasteiger partial charge < -0.3 is 19.7 Å². The maximum atomic E-state index is 11.1. The minimum Gasteiger partial charge on any atom is -0.452 e. The Hall–Kier alpha value is -1.95. The van der Waals surface area contributed by atoms with Gasteiger partial charge in [0.05, 0.1) is 17.6 Å². The third kappa shape index (κ3) is 2.19. The van der Waals surface area contributed by atoms with E-state index in [9.17, 15) is 4.79 Å². The summed E-state index contributed by atoms with van der Waals surface area (Å²) in [5.74, 6) is 0.838. The lowest BCUT2D eigenvalue weighted by Gasteiger charge is -2.03. The molecule has 0 bridgehead atoms. The summed E-state index contributed by atoms with van der Waals surface area (Å²) in [7, 11) is 0. The molecular formula is C12H10BrN3O2. The number of halogens is 1. The number of aromatic nitrogens is 2. The zero-order valence-corrected chi connectivity index (χ0v) is 10.9. The van der Waals surface area contributed by atoms with Crippen molar-refractivity contribution in [2.45, 2.75) is 6.54 Å². The number of rotatable bonds is 3. The van der Waals surface area contributed by atoms with Crippen LogP contribution in [0.2, 0.25) is 0 Å². The van der Waals surface area contributed by atoms with E-state index in [1.807, 2.05) is 30.3 Å². The Balaban J connectivity index is 1.80. The Morgan fingerprint density at radius 1 is 1.17 bits per heavy atom. The molecule has 2 heterocycles. The first-order chi connectivity index (χ1) is 8.70. The Bertz CT molecular complexity index is 741. The van der Waals surface area contributed by atoms with E-state index in [4.69, 9.17) is 4.42 Å². The molecule has 0 amide bonds. The van der Waals surface area contributed by atoms with Gasteiger partial charge in [0, 0.05) is 5.69 Å². The van der Waals surface area contributed by atoms with Crippen molar-refractivity contribution in [2.24, 2.45) is 0 Å². The monoisotopic (exact) mass is 307 g/mol. The fourth-order valence-corrected chi connectivity index (χ4v) is 2.12. The molecule has 0 spiro atoms. The van der Waals surface area contributed by atoms with Gasteiger partial charge in [-0.3, -0.25) is 0 Å². The number of fused-ring (bicyclic) bond motifs is 1. The second-order valence-corrected chi connectivity index (χ2v) is 4.68. The average molecular weight is 308 g/mol. The van der Waals surface area contributed by atoms with Crippen molar-refractivity contribution in [3.05, 3.63) is 51.2 Å². The molecular weight excluding hydrogens is 298 g/mol. The number of hydrogen-bond acceptors (Lipinski definition) is 3. The number of furan rings is 1. The van der Waals surface area contributed by atoms with Gasteiger partial charge in [0.25, 0.3) is 0 Å². The zero-order valence-electron chi connectivity index (χ0n) is 9.29. The van der Waals surface area contributed by atoms with Gasteiger partial charge in [-0.25, -0.2) is 4.79 Å². The van der Waals surface area contributed by atoms with E-state index >= 15 is 0 Å². The number of imidazole rings is 1. The maximum absolute atomic E-state index is 11.1. The average Bonchev–Trinajstić information content (AvgIpc) is 2.90. The fourth-order valence-electron chi connectivity index (χ4n) is 1.78. The second kappa shape index (κ2) is 4.38. The van der Waals surface area contributed by atoms with Crippen LogP contribution in [0.5, 0.6) is 0 Å². The normalized spacial score (nSPS) is 10.9. The number of anilines is 1. The van der Waals surface area contributed by atoms with Crippen molar-refractivity contribution in [3.8, 4) is 0 Å². The summed E-state index contributed by atoms with van der Waals surface area (Å²) >= 11 is 3.26. The summed E-state index contributed by atoms with van der Waals surface area (Å²) in [6, 6.07) is 9.39. The molecule has 3 rings (SSSR count). The molecule has 1 aromatic carbocycles. The Kier molecular flexibility index (Phi) is 2.71. The molecule has 2 aromatic heterocycles. The van der Waals surface area contributed by atoms with Gasteiger partial charge in [-0.1, -0.05) is 0 Å². The van der Waals surface area contributed by atoms with E-state index in [-0.39, 0.29) is 5.69 Å². The molecule has 0 radical (unpaired) electrons. The van der Waals surface area contributed by atoms with Crippen molar-refractivity contribution < 1.29 is 4.42 Å². The van der Waals surface area contributed by atoms with Crippen molar-refractivity contribution in [2.75, 3.05) is 5.32 Å². The highest BCUT2D eigenvalue weighted by molar-refractivity contribution is 9.10. The van der Waals surface area contributed by atoms with E-state index < -0.39 is 0 Å². The predicted octanol–water partition coefficient (Wildman–Crippen LogP) is 2.82. The van der Waals surface area contributed by atoms with E-state index in [1.165, 1.54) is 0 Å². The summed E-state index contributed by atoms with van der Waals surface area (Å²) in [4.78, 5) is 16.5. The second-order valence-electron chi connectivity index (χ2n) is 3.90. The molecule has 0 aliphatic rings. The Morgan fingerprint density at radius 2 is 2.00 bits per heavy atom. The summed E-state index contributed by atoms with van der Waals surface area (Å²) in [5.41, 5.74) is 2.30. The molecule has 0 fully saturated rings. The van der Waals surface area contributed by atoms with E-state index in [0.717, 1.165) is 22.5 Å². The molecule has 5 nitrogen and oxygen atoms in total. The van der Waals surface area contributed by atoms with Gasteiger partial charge in [-0.15, -0.1) is 0 Å². The number of H-pyrrole nitrogens is 2. The third-order valence-corrected chi connectivity index (χ3v) is 3.04. The molecule has 0 unspecified atom stereocenters. The first-order valence-corrected chi connectivity index (χ1v) is 6.20. The highest BCUT2D eigenvalue weighted by Gasteiger charge is 2.02. The van der Waals surface area contributed by atoms with Crippen LogP contribution < -0.4 is 11.0 Å². The van der Waals surface area contributed by atoms with Gasteiger partial charge in [0.2, 0.25) is 0 Å². The van der Waals surface area contributed by atoms with Gasteiger partial charge >= 0.3 is 5.69 Å². The predicted molar refractivity (Wildman–Crippen MR) is 72.7 cm³/mol. The summed E-state index contributed by atoms with van der Waals surface area (Å²) in [6.07, 6.45) is 0. The van der Waals surface area contributed by atoms with Crippen LogP contribution in [-0.2, 0) is 6.54 Å². The highest BCUT2D eigenvalue weighted by atomic mass is 79.9. The van der Waals surface area contributed by atoms with Crippen molar-refractivity contribution >= 4 is 32.7 Å². The Morgan fingerprint density at radius 3 is 2.78 bits per heavy atom.